The number of hydrogen-bond acceptors (Lipinski definition) is 3. The molecule has 41 valence electrons. The maximum Gasteiger partial charge on any atom is 0.0825 e. The predicted octanol–water partition coefficient (Wildman–Crippen LogP) is 0.0121. The maximum atomic E-state index is 4.32. The van der Waals surface area contributed by atoms with E-state index in [-0.39, 0.29) is 0 Å². The molecule has 3 radical (unpaired) electrons. The molecule has 0 bridgehead atoms. The zero-order valence-electron chi connectivity index (χ0n) is 4.14. The summed E-state index contributed by atoms with van der Waals surface area (Å²) >= 11 is 0. The van der Waals surface area contributed by atoms with Gasteiger partial charge in [0.15, 0.2) is 0 Å². The Morgan fingerprint density at radius 2 is 2.14 bits per heavy atom. The molecule has 0 rings (SSSR count). The van der Waals surface area contributed by atoms with E-state index in [1.54, 1.807) is 6.92 Å². The quantitative estimate of drug-likeness (QED) is 0.226. The second-order valence-electron chi connectivity index (χ2n) is 0.737. The molecule has 3 nitrogen and oxygen atoms in total. The summed E-state index contributed by atoms with van der Waals surface area (Å²) in [6.45, 7) is 2.29. The van der Waals surface area contributed by atoms with Crippen LogP contribution in [0.1, 0.15) is 6.92 Å². The zero-order chi connectivity index (χ0) is 5.54. The van der Waals surface area contributed by atoms with E-state index in [1.807, 2.05) is 0 Å². The maximum absolute atomic E-state index is 4.32. The Labute approximate surface area is 45.8 Å². The summed E-state index contributed by atoms with van der Waals surface area (Å²) in [5.41, 5.74) is 0. The largest absolute Gasteiger partial charge is 0.211 e. The number of hydrogen-bond donors (Lipinski definition) is 0. The number of rotatable bonds is 4. The normalized spacial score (nSPS) is 9.43. The molecule has 0 aromatic rings. The second-order valence-corrected chi connectivity index (χ2v) is 1.03. The first-order valence-electron chi connectivity index (χ1n) is 1.97. The van der Waals surface area contributed by atoms with Gasteiger partial charge in [-0.05, 0) is 6.92 Å². The third-order valence-electron chi connectivity index (χ3n) is 0.273. The van der Waals surface area contributed by atoms with E-state index >= 15 is 0 Å². The van der Waals surface area contributed by atoms with Crippen LogP contribution in [-0.2, 0) is 14.8 Å². The lowest BCUT2D eigenvalue weighted by Crippen LogP contribution is -1.96. The Morgan fingerprint density at radius 3 is 2.57 bits per heavy atom. The summed E-state index contributed by atoms with van der Waals surface area (Å²) < 4.78 is 0. The molecule has 4 heteroatoms. The third-order valence-corrected chi connectivity index (χ3v) is 0.391. The van der Waals surface area contributed by atoms with Crippen LogP contribution < -0.4 is 0 Å². The molecule has 0 aliphatic carbocycles. The highest BCUT2D eigenvalue weighted by molar-refractivity contribution is 6.08. The standard InChI is InChI=1S/C3H7O3Si/c1-2-4-6-5-3-7/h2-3H2,1H3. The van der Waals surface area contributed by atoms with Crippen molar-refractivity contribution in [2.45, 2.75) is 6.92 Å². The lowest BCUT2D eigenvalue weighted by molar-refractivity contribution is -0.504. The van der Waals surface area contributed by atoms with Crippen LogP contribution in [0.15, 0.2) is 0 Å². The van der Waals surface area contributed by atoms with Gasteiger partial charge in [-0.2, -0.15) is 0 Å². The van der Waals surface area contributed by atoms with Crippen LogP contribution in [0.25, 0.3) is 0 Å². The van der Waals surface area contributed by atoms with Crippen LogP contribution in [0.5, 0.6) is 0 Å². The van der Waals surface area contributed by atoms with Gasteiger partial charge in [0.05, 0.1) is 23.1 Å². The van der Waals surface area contributed by atoms with E-state index in [9.17, 15) is 0 Å². The molecule has 0 aliphatic heterocycles. The summed E-state index contributed by atoms with van der Waals surface area (Å²) in [6.07, 6.45) is 0.319. The Morgan fingerprint density at radius 1 is 1.43 bits per heavy atom. The molecule has 0 heterocycles. The molecule has 0 amide bonds. The lowest BCUT2D eigenvalue weighted by Gasteiger charge is -1.94. The van der Waals surface area contributed by atoms with Crippen LogP contribution in [0.3, 0.4) is 0 Å². The van der Waals surface area contributed by atoms with E-state index in [0.717, 1.165) is 0 Å². The van der Waals surface area contributed by atoms with Crippen molar-refractivity contribution in [1.82, 2.24) is 0 Å². The Kier molecular flexibility index (Phi) is 6.18. The minimum absolute atomic E-state index is 0.319. The SMILES string of the molecule is CCOOOC[Si]. The summed E-state index contributed by atoms with van der Waals surface area (Å²) in [5.74, 6) is 0. The van der Waals surface area contributed by atoms with Crippen LogP contribution in [-0.4, -0.2) is 23.1 Å². The second kappa shape index (κ2) is 6.10. The van der Waals surface area contributed by atoms with Gasteiger partial charge >= 0.3 is 0 Å². The summed E-state index contributed by atoms with van der Waals surface area (Å²) in [4.78, 5) is 8.59. The van der Waals surface area contributed by atoms with Crippen molar-refractivity contribution < 1.29 is 14.8 Å². The van der Waals surface area contributed by atoms with Crippen molar-refractivity contribution in [3.05, 3.63) is 0 Å². The monoisotopic (exact) mass is 119 g/mol. The van der Waals surface area contributed by atoms with E-state index in [2.05, 4.69) is 25.1 Å². The molecule has 7 heavy (non-hydrogen) atoms. The molecule has 0 saturated heterocycles. The average Bonchev–Trinajstić information content (AvgIpc) is 1.69. The predicted molar refractivity (Wildman–Crippen MR) is 24.4 cm³/mol. The molecule has 0 N–H and O–H groups in total. The zero-order valence-corrected chi connectivity index (χ0v) is 5.14. The highest BCUT2D eigenvalue weighted by atomic mass is 28.1. The molecular formula is C3H7O3Si. The van der Waals surface area contributed by atoms with Crippen molar-refractivity contribution in [2.24, 2.45) is 0 Å². The minimum atomic E-state index is 0.319. The summed E-state index contributed by atoms with van der Waals surface area (Å²) in [5, 5.41) is 4.08. The summed E-state index contributed by atoms with van der Waals surface area (Å²) in [6, 6.07) is 0. The molecule has 0 fully saturated rings. The average molecular weight is 119 g/mol. The Hall–Kier alpha value is 0.0969. The first-order chi connectivity index (χ1) is 3.41. The highest BCUT2D eigenvalue weighted by Gasteiger charge is 1.77. The molecule has 0 atom stereocenters. The molecule has 0 aromatic carbocycles. The lowest BCUT2D eigenvalue weighted by atomic mass is 10.9. The molecule has 0 saturated carbocycles. The van der Waals surface area contributed by atoms with Gasteiger partial charge in [-0.15, -0.1) is 0 Å². The fourth-order valence-corrected chi connectivity index (χ4v) is 0.154. The summed E-state index contributed by atoms with van der Waals surface area (Å²) in [7, 11) is 2.99. The van der Waals surface area contributed by atoms with Crippen LogP contribution in [0.2, 0.25) is 0 Å². The Balaban J connectivity index is 2.45. The first-order valence-corrected chi connectivity index (χ1v) is 2.68. The van der Waals surface area contributed by atoms with Gasteiger partial charge in [-0.1, -0.05) is 5.04 Å². The van der Waals surface area contributed by atoms with E-state index in [1.165, 1.54) is 0 Å². The van der Waals surface area contributed by atoms with Gasteiger partial charge < -0.3 is 0 Å². The molecular weight excluding hydrogens is 112 g/mol. The van der Waals surface area contributed by atoms with E-state index in [0.29, 0.717) is 12.8 Å². The van der Waals surface area contributed by atoms with Gasteiger partial charge in [0.1, 0.15) is 0 Å². The highest BCUT2D eigenvalue weighted by Crippen LogP contribution is 1.75. The first kappa shape index (κ1) is 7.10. The fraction of sp³-hybridized carbons (Fsp3) is 1.00. The van der Waals surface area contributed by atoms with Crippen molar-refractivity contribution in [3.8, 4) is 0 Å². The van der Waals surface area contributed by atoms with Gasteiger partial charge in [-0.3, -0.25) is 0 Å². The van der Waals surface area contributed by atoms with Crippen LogP contribution in [0.4, 0.5) is 0 Å². The van der Waals surface area contributed by atoms with Crippen LogP contribution >= 0.6 is 0 Å². The molecule has 0 aliphatic rings. The van der Waals surface area contributed by atoms with Gasteiger partial charge in [0, 0.05) is 0 Å². The molecule has 0 unspecified atom stereocenters. The van der Waals surface area contributed by atoms with Crippen molar-refractivity contribution in [1.29, 1.82) is 0 Å². The van der Waals surface area contributed by atoms with Crippen molar-refractivity contribution >= 4 is 10.2 Å². The van der Waals surface area contributed by atoms with Crippen LogP contribution in [0, 0.1) is 0 Å². The van der Waals surface area contributed by atoms with Gasteiger partial charge in [0.25, 0.3) is 0 Å². The molecule has 0 aromatic heterocycles. The fourth-order valence-electron chi connectivity index (χ4n) is 0.106. The smallest absolute Gasteiger partial charge is 0.0825 e. The van der Waals surface area contributed by atoms with E-state index < -0.39 is 0 Å². The topological polar surface area (TPSA) is 27.7 Å². The van der Waals surface area contributed by atoms with Gasteiger partial charge in [-0.25, -0.2) is 9.78 Å². The third kappa shape index (κ3) is 6.10. The van der Waals surface area contributed by atoms with E-state index in [4.69, 9.17) is 0 Å². The van der Waals surface area contributed by atoms with Gasteiger partial charge in [0.2, 0.25) is 0 Å². The van der Waals surface area contributed by atoms with Crippen molar-refractivity contribution in [3.63, 3.8) is 0 Å². The Bertz CT molecular complexity index is 29.4. The van der Waals surface area contributed by atoms with Crippen molar-refractivity contribution in [2.75, 3.05) is 12.8 Å². The molecule has 0 spiro atoms. The minimum Gasteiger partial charge on any atom is -0.211 e.